The number of Topliss-reactive ketones (excluding diaryl/α,β-unsaturated/α-hetero) is 1. The van der Waals surface area contributed by atoms with Crippen molar-refractivity contribution in [1.82, 2.24) is 0 Å². The molecule has 1 atom stereocenters. The molecule has 0 aliphatic heterocycles. The lowest BCUT2D eigenvalue weighted by Crippen LogP contribution is -2.23. The summed E-state index contributed by atoms with van der Waals surface area (Å²) in [5.74, 6) is -0.565. The van der Waals surface area contributed by atoms with Crippen LogP contribution >= 0.6 is 11.6 Å². The number of rotatable bonds is 1. The number of carbonyl (C=O) groups excluding carboxylic acids is 2. The van der Waals surface area contributed by atoms with Crippen LogP contribution in [0, 0.1) is 5.92 Å². The van der Waals surface area contributed by atoms with E-state index in [0.29, 0.717) is 17.0 Å². The Morgan fingerprint density at radius 3 is 2.93 bits per heavy atom. The average molecular weight is 209 g/mol. The van der Waals surface area contributed by atoms with Crippen LogP contribution in [-0.4, -0.2) is 12.1 Å². The topological polar surface area (TPSA) is 34.1 Å². The van der Waals surface area contributed by atoms with E-state index in [9.17, 15) is 9.59 Å². The molecule has 0 radical (unpaired) electrons. The molecule has 1 aliphatic rings. The number of aldehydes is 1. The first kappa shape index (κ1) is 9.41. The smallest absolute Gasteiger partial charge is 0.173 e. The normalized spacial score (nSPS) is 20.4. The molecule has 2 nitrogen and oxygen atoms in total. The zero-order chi connectivity index (χ0) is 10.1. The van der Waals surface area contributed by atoms with E-state index in [1.165, 1.54) is 0 Å². The summed E-state index contributed by atoms with van der Waals surface area (Å²) in [4.78, 5) is 22.3. The molecule has 2 rings (SSSR count). The van der Waals surface area contributed by atoms with Crippen molar-refractivity contribution in [3.63, 3.8) is 0 Å². The minimum atomic E-state index is -0.471. The highest BCUT2D eigenvalue weighted by atomic mass is 35.5. The Labute approximate surface area is 86.9 Å². The van der Waals surface area contributed by atoms with Gasteiger partial charge in [-0.25, -0.2) is 0 Å². The summed E-state index contributed by atoms with van der Waals surface area (Å²) in [7, 11) is 0. The molecule has 0 fully saturated rings. The standard InChI is InChI=1S/C11H9ClO2/c12-9-4-3-7-1-2-8(6-13)11(14)10(7)5-9/h3-6,8H,1-2H2. The molecule has 1 unspecified atom stereocenters. The number of ketones is 1. The minimum absolute atomic E-state index is 0.0937. The first-order chi connectivity index (χ1) is 6.72. The summed E-state index contributed by atoms with van der Waals surface area (Å²) in [5, 5.41) is 0.545. The first-order valence-corrected chi connectivity index (χ1v) is 4.88. The molecule has 0 heterocycles. The van der Waals surface area contributed by atoms with E-state index in [0.717, 1.165) is 18.3 Å². The van der Waals surface area contributed by atoms with Gasteiger partial charge in [0.05, 0.1) is 5.92 Å². The van der Waals surface area contributed by atoms with Gasteiger partial charge >= 0.3 is 0 Å². The summed E-state index contributed by atoms with van der Waals surface area (Å²) in [6.07, 6.45) is 2.13. The second-order valence-electron chi connectivity index (χ2n) is 3.45. The summed E-state index contributed by atoms with van der Waals surface area (Å²) in [6, 6.07) is 5.28. The summed E-state index contributed by atoms with van der Waals surface area (Å²) >= 11 is 5.79. The number of hydrogen-bond acceptors (Lipinski definition) is 2. The van der Waals surface area contributed by atoms with E-state index < -0.39 is 5.92 Å². The molecule has 3 heteroatoms. The van der Waals surface area contributed by atoms with Gasteiger partial charge in [0.1, 0.15) is 6.29 Å². The van der Waals surface area contributed by atoms with Crippen molar-refractivity contribution in [3.05, 3.63) is 34.3 Å². The van der Waals surface area contributed by atoms with Crippen LogP contribution in [0.25, 0.3) is 0 Å². The molecule has 14 heavy (non-hydrogen) atoms. The monoisotopic (exact) mass is 208 g/mol. The van der Waals surface area contributed by atoms with Crippen LogP contribution in [0.4, 0.5) is 0 Å². The highest BCUT2D eigenvalue weighted by Gasteiger charge is 2.26. The molecule has 0 amide bonds. The lowest BCUT2D eigenvalue weighted by molar-refractivity contribution is -0.110. The van der Waals surface area contributed by atoms with Crippen molar-refractivity contribution in [2.75, 3.05) is 0 Å². The highest BCUT2D eigenvalue weighted by Crippen LogP contribution is 2.26. The van der Waals surface area contributed by atoms with Crippen LogP contribution in [0.3, 0.4) is 0 Å². The maximum atomic E-state index is 11.7. The molecule has 0 spiro atoms. The van der Waals surface area contributed by atoms with Crippen LogP contribution in [0.2, 0.25) is 5.02 Å². The average Bonchev–Trinajstić information content (AvgIpc) is 2.20. The Morgan fingerprint density at radius 1 is 1.43 bits per heavy atom. The molecule has 1 aromatic rings. The van der Waals surface area contributed by atoms with Crippen LogP contribution in [0.15, 0.2) is 18.2 Å². The lowest BCUT2D eigenvalue weighted by Gasteiger charge is -2.19. The van der Waals surface area contributed by atoms with Crippen molar-refractivity contribution >= 4 is 23.7 Å². The number of aryl methyl sites for hydroxylation is 1. The van der Waals surface area contributed by atoms with Crippen molar-refractivity contribution < 1.29 is 9.59 Å². The molecule has 1 aromatic carbocycles. The largest absolute Gasteiger partial charge is 0.303 e. The minimum Gasteiger partial charge on any atom is -0.303 e. The van der Waals surface area contributed by atoms with Gasteiger partial charge in [-0.05, 0) is 30.5 Å². The number of carbonyl (C=O) groups is 2. The molecule has 0 N–H and O–H groups in total. The van der Waals surface area contributed by atoms with Crippen LogP contribution in [-0.2, 0) is 11.2 Å². The Hall–Kier alpha value is -1.15. The Bertz CT molecular complexity index is 398. The third kappa shape index (κ3) is 1.46. The molecular weight excluding hydrogens is 200 g/mol. The van der Waals surface area contributed by atoms with Gasteiger partial charge in [-0.3, -0.25) is 4.79 Å². The third-order valence-corrected chi connectivity index (χ3v) is 2.80. The molecule has 1 aliphatic carbocycles. The van der Waals surface area contributed by atoms with E-state index in [4.69, 9.17) is 11.6 Å². The van der Waals surface area contributed by atoms with Gasteiger partial charge in [0.2, 0.25) is 0 Å². The van der Waals surface area contributed by atoms with Gasteiger partial charge in [-0.1, -0.05) is 17.7 Å². The predicted molar refractivity (Wildman–Crippen MR) is 53.7 cm³/mol. The second-order valence-corrected chi connectivity index (χ2v) is 3.88. The lowest BCUT2D eigenvalue weighted by atomic mass is 9.84. The molecular formula is C11H9ClO2. The zero-order valence-corrected chi connectivity index (χ0v) is 8.25. The summed E-state index contributed by atoms with van der Waals surface area (Å²) in [6.45, 7) is 0. The molecule has 0 aromatic heterocycles. The van der Waals surface area contributed by atoms with Crippen LogP contribution in [0.5, 0.6) is 0 Å². The van der Waals surface area contributed by atoms with Crippen molar-refractivity contribution in [2.24, 2.45) is 5.92 Å². The fourth-order valence-electron chi connectivity index (χ4n) is 1.77. The van der Waals surface area contributed by atoms with Gasteiger partial charge < -0.3 is 4.79 Å². The predicted octanol–water partition coefficient (Wildman–Crippen LogP) is 2.28. The van der Waals surface area contributed by atoms with Crippen molar-refractivity contribution in [2.45, 2.75) is 12.8 Å². The van der Waals surface area contributed by atoms with E-state index >= 15 is 0 Å². The van der Waals surface area contributed by atoms with Gasteiger partial charge in [-0.2, -0.15) is 0 Å². The van der Waals surface area contributed by atoms with Crippen molar-refractivity contribution in [3.8, 4) is 0 Å². The Kier molecular flexibility index (Phi) is 2.38. The molecule has 0 saturated heterocycles. The van der Waals surface area contributed by atoms with E-state index in [-0.39, 0.29) is 5.78 Å². The van der Waals surface area contributed by atoms with Crippen molar-refractivity contribution in [1.29, 1.82) is 0 Å². The van der Waals surface area contributed by atoms with E-state index in [1.54, 1.807) is 12.1 Å². The third-order valence-electron chi connectivity index (χ3n) is 2.56. The first-order valence-electron chi connectivity index (χ1n) is 4.50. The molecule has 0 bridgehead atoms. The summed E-state index contributed by atoms with van der Waals surface area (Å²) in [5.41, 5.74) is 1.61. The number of hydrogen-bond donors (Lipinski definition) is 0. The van der Waals surface area contributed by atoms with Gasteiger partial charge in [0, 0.05) is 10.6 Å². The molecule has 72 valence electrons. The van der Waals surface area contributed by atoms with Gasteiger partial charge in [0.15, 0.2) is 5.78 Å². The summed E-state index contributed by atoms with van der Waals surface area (Å²) < 4.78 is 0. The maximum Gasteiger partial charge on any atom is 0.173 e. The number of halogens is 1. The number of fused-ring (bicyclic) bond motifs is 1. The van der Waals surface area contributed by atoms with E-state index in [2.05, 4.69) is 0 Å². The highest BCUT2D eigenvalue weighted by molar-refractivity contribution is 6.31. The van der Waals surface area contributed by atoms with E-state index in [1.807, 2.05) is 6.07 Å². The maximum absolute atomic E-state index is 11.7. The molecule has 0 saturated carbocycles. The fourth-order valence-corrected chi connectivity index (χ4v) is 1.94. The SMILES string of the molecule is O=CC1CCc2ccc(Cl)cc2C1=O. The Balaban J connectivity index is 2.48. The van der Waals surface area contributed by atoms with Crippen LogP contribution in [0.1, 0.15) is 22.3 Å². The zero-order valence-electron chi connectivity index (χ0n) is 7.50. The Morgan fingerprint density at radius 2 is 2.21 bits per heavy atom. The second kappa shape index (κ2) is 3.54. The van der Waals surface area contributed by atoms with Gasteiger partial charge in [0.25, 0.3) is 0 Å². The fraction of sp³-hybridized carbons (Fsp3) is 0.273. The quantitative estimate of drug-likeness (QED) is 0.524. The van der Waals surface area contributed by atoms with Crippen LogP contribution < -0.4 is 0 Å². The van der Waals surface area contributed by atoms with Gasteiger partial charge in [-0.15, -0.1) is 0 Å². The number of benzene rings is 1.